The van der Waals surface area contributed by atoms with Crippen LogP contribution in [-0.4, -0.2) is 34.9 Å². The third kappa shape index (κ3) is 3.76. The van der Waals surface area contributed by atoms with Crippen LogP contribution in [0.5, 0.6) is 11.5 Å². The zero-order valence-electron chi connectivity index (χ0n) is 14.6. The van der Waals surface area contributed by atoms with Gasteiger partial charge in [0.1, 0.15) is 17.1 Å². The number of hydrogen-bond acceptors (Lipinski definition) is 7. The maximum atomic E-state index is 14.3. The van der Waals surface area contributed by atoms with Crippen molar-refractivity contribution in [3.05, 3.63) is 59.5 Å². The lowest BCUT2D eigenvalue weighted by Crippen LogP contribution is -2.18. The largest absolute Gasteiger partial charge is 0.497 e. The minimum Gasteiger partial charge on any atom is -0.497 e. The summed E-state index contributed by atoms with van der Waals surface area (Å²) in [4.78, 5) is 15.3. The first-order valence-corrected chi connectivity index (χ1v) is 7.98. The van der Waals surface area contributed by atoms with E-state index in [1.54, 1.807) is 24.3 Å². The Kier molecular flexibility index (Phi) is 5.50. The highest BCUT2D eigenvalue weighted by molar-refractivity contribution is 5.93. The Labute approximate surface area is 157 Å². The SMILES string of the molecule is COc1ccc(-c2noc(C(CO)Oc3ccc(F)c(C(N)=O)c3F)n2)cc1. The lowest BCUT2D eigenvalue weighted by Gasteiger charge is -2.14. The van der Waals surface area contributed by atoms with Crippen LogP contribution in [0.15, 0.2) is 40.9 Å². The van der Waals surface area contributed by atoms with Crippen molar-refractivity contribution in [1.82, 2.24) is 10.1 Å². The molecule has 1 amide bonds. The molecular weight excluding hydrogens is 376 g/mol. The molecule has 1 atom stereocenters. The van der Waals surface area contributed by atoms with Crippen LogP contribution in [0.1, 0.15) is 22.4 Å². The number of carbonyl (C=O) groups is 1. The molecule has 0 radical (unpaired) electrons. The molecule has 1 aromatic heterocycles. The fourth-order valence-electron chi connectivity index (χ4n) is 2.39. The van der Waals surface area contributed by atoms with Gasteiger partial charge in [0.15, 0.2) is 11.6 Å². The summed E-state index contributed by atoms with van der Waals surface area (Å²) >= 11 is 0. The van der Waals surface area contributed by atoms with Crippen LogP contribution in [-0.2, 0) is 0 Å². The van der Waals surface area contributed by atoms with E-state index in [2.05, 4.69) is 10.1 Å². The van der Waals surface area contributed by atoms with Crippen molar-refractivity contribution in [2.45, 2.75) is 6.10 Å². The minimum atomic E-state index is -1.29. The van der Waals surface area contributed by atoms with Crippen LogP contribution in [0.2, 0.25) is 0 Å². The van der Waals surface area contributed by atoms with Gasteiger partial charge in [-0.05, 0) is 36.4 Å². The van der Waals surface area contributed by atoms with Crippen molar-refractivity contribution in [2.75, 3.05) is 13.7 Å². The van der Waals surface area contributed by atoms with Gasteiger partial charge in [0.05, 0.1) is 13.7 Å². The first-order chi connectivity index (χ1) is 13.4. The lowest BCUT2D eigenvalue weighted by atomic mass is 10.1. The summed E-state index contributed by atoms with van der Waals surface area (Å²) in [5.41, 5.74) is 4.64. The fraction of sp³-hybridized carbons (Fsp3) is 0.167. The average molecular weight is 391 g/mol. The Bertz CT molecular complexity index is 991. The monoisotopic (exact) mass is 391 g/mol. The Hall–Kier alpha value is -3.53. The van der Waals surface area contributed by atoms with Gasteiger partial charge in [0.25, 0.3) is 11.8 Å². The van der Waals surface area contributed by atoms with E-state index in [0.717, 1.165) is 12.1 Å². The molecule has 0 aliphatic carbocycles. The fourth-order valence-corrected chi connectivity index (χ4v) is 2.39. The van der Waals surface area contributed by atoms with E-state index in [1.165, 1.54) is 7.11 Å². The summed E-state index contributed by atoms with van der Waals surface area (Å²) < 4.78 is 43.3. The third-order valence-corrected chi connectivity index (χ3v) is 3.80. The Morgan fingerprint density at radius 3 is 2.57 bits per heavy atom. The number of aliphatic hydroxyl groups is 1. The van der Waals surface area contributed by atoms with Crippen molar-refractivity contribution in [1.29, 1.82) is 0 Å². The van der Waals surface area contributed by atoms with Gasteiger partial charge < -0.3 is 24.8 Å². The van der Waals surface area contributed by atoms with E-state index in [0.29, 0.717) is 11.3 Å². The van der Waals surface area contributed by atoms with Crippen molar-refractivity contribution >= 4 is 5.91 Å². The molecule has 3 N–H and O–H groups in total. The van der Waals surface area contributed by atoms with Crippen molar-refractivity contribution in [3.63, 3.8) is 0 Å². The Morgan fingerprint density at radius 1 is 1.25 bits per heavy atom. The van der Waals surface area contributed by atoms with Gasteiger partial charge in [0, 0.05) is 5.56 Å². The molecule has 3 aromatic rings. The second kappa shape index (κ2) is 8.01. The number of carbonyl (C=O) groups excluding carboxylic acids is 1. The van der Waals surface area contributed by atoms with Crippen molar-refractivity contribution in [2.24, 2.45) is 5.73 Å². The first kappa shape index (κ1) is 19.2. The number of hydrogen-bond donors (Lipinski definition) is 2. The summed E-state index contributed by atoms with van der Waals surface area (Å²) in [6, 6.07) is 8.57. The maximum absolute atomic E-state index is 14.3. The van der Waals surface area contributed by atoms with Gasteiger partial charge in [-0.1, -0.05) is 5.16 Å². The van der Waals surface area contributed by atoms with Crippen LogP contribution in [0.4, 0.5) is 8.78 Å². The van der Waals surface area contributed by atoms with Gasteiger partial charge in [-0.2, -0.15) is 4.98 Å². The molecule has 3 rings (SSSR count). The number of primary amides is 1. The molecule has 0 bridgehead atoms. The zero-order valence-corrected chi connectivity index (χ0v) is 14.6. The summed E-state index contributed by atoms with van der Waals surface area (Å²) in [7, 11) is 1.53. The van der Waals surface area contributed by atoms with E-state index in [-0.39, 0.29) is 11.7 Å². The molecule has 1 heterocycles. The summed E-state index contributed by atoms with van der Waals surface area (Å²) in [6.07, 6.45) is -1.25. The molecule has 28 heavy (non-hydrogen) atoms. The zero-order chi connectivity index (χ0) is 20.3. The first-order valence-electron chi connectivity index (χ1n) is 7.98. The van der Waals surface area contributed by atoms with Crippen LogP contribution < -0.4 is 15.2 Å². The molecule has 8 nitrogen and oxygen atoms in total. The van der Waals surface area contributed by atoms with Crippen LogP contribution in [0.3, 0.4) is 0 Å². The topological polar surface area (TPSA) is 121 Å². The predicted octanol–water partition coefficient (Wildman–Crippen LogP) is 2.23. The molecule has 0 aliphatic rings. The standard InChI is InChI=1S/C18H15F2N3O5/c1-26-10-4-2-9(3-5-10)17-22-18(28-23-17)13(8-24)27-12-7-6-11(19)14(15(12)20)16(21)25/h2-7,13,24H,8H2,1H3,(H2,21,25). The van der Waals surface area contributed by atoms with E-state index in [4.69, 9.17) is 19.7 Å². The minimum absolute atomic E-state index is 0.141. The number of rotatable bonds is 7. The number of aromatic nitrogens is 2. The highest BCUT2D eigenvalue weighted by Crippen LogP contribution is 2.28. The highest BCUT2D eigenvalue weighted by Gasteiger charge is 2.25. The summed E-state index contributed by atoms with van der Waals surface area (Å²) in [6.45, 7) is -0.646. The molecular formula is C18H15F2N3O5. The van der Waals surface area contributed by atoms with E-state index in [9.17, 15) is 18.7 Å². The van der Waals surface area contributed by atoms with Crippen LogP contribution in [0.25, 0.3) is 11.4 Å². The average Bonchev–Trinajstić information content (AvgIpc) is 3.17. The molecule has 2 aromatic carbocycles. The van der Waals surface area contributed by atoms with Gasteiger partial charge in [-0.15, -0.1) is 0 Å². The van der Waals surface area contributed by atoms with Crippen LogP contribution >= 0.6 is 0 Å². The number of benzene rings is 2. The smallest absolute Gasteiger partial charge is 0.270 e. The van der Waals surface area contributed by atoms with E-state index < -0.39 is 41.6 Å². The van der Waals surface area contributed by atoms with Crippen molar-refractivity contribution < 1.29 is 32.7 Å². The van der Waals surface area contributed by atoms with E-state index in [1.807, 2.05) is 0 Å². The van der Waals surface area contributed by atoms with Gasteiger partial charge in [-0.3, -0.25) is 4.79 Å². The number of halogens is 2. The van der Waals surface area contributed by atoms with Gasteiger partial charge >= 0.3 is 0 Å². The predicted molar refractivity (Wildman–Crippen MR) is 91.6 cm³/mol. The normalized spacial score (nSPS) is 11.9. The second-order valence-corrected chi connectivity index (χ2v) is 5.57. The Morgan fingerprint density at radius 2 is 1.96 bits per heavy atom. The molecule has 1 unspecified atom stereocenters. The summed E-state index contributed by atoms with van der Waals surface area (Å²) in [5, 5.41) is 13.3. The number of aliphatic hydroxyl groups excluding tert-OH is 1. The van der Waals surface area contributed by atoms with Crippen molar-refractivity contribution in [3.8, 4) is 22.9 Å². The van der Waals surface area contributed by atoms with Gasteiger partial charge in [-0.25, -0.2) is 8.78 Å². The second-order valence-electron chi connectivity index (χ2n) is 5.57. The highest BCUT2D eigenvalue weighted by atomic mass is 19.1. The van der Waals surface area contributed by atoms with Crippen LogP contribution in [0, 0.1) is 11.6 Å². The molecule has 0 saturated carbocycles. The number of nitrogens with two attached hydrogens (primary N) is 1. The number of ether oxygens (including phenoxy) is 2. The number of nitrogens with zero attached hydrogens (tertiary/aromatic N) is 2. The lowest BCUT2D eigenvalue weighted by molar-refractivity contribution is 0.0835. The Balaban J connectivity index is 1.86. The molecule has 10 heteroatoms. The molecule has 0 fully saturated rings. The quantitative estimate of drug-likeness (QED) is 0.633. The summed E-state index contributed by atoms with van der Waals surface area (Å²) in [5.74, 6) is -3.51. The number of methoxy groups -OCH3 is 1. The molecule has 0 spiro atoms. The van der Waals surface area contributed by atoms with Gasteiger partial charge in [0.2, 0.25) is 11.9 Å². The van der Waals surface area contributed by atoms with E-state index >= 15 is 0 Å². The maximum Gasteiger partial charge on any atom is 0.270 e. The molecule has 146 valence electrons. The molecule has 0 saturated heterocycles. The third-order valence-electron chi connectivity index (χ3n) is 3.80. The number of amides is 1. The molecule has 0 aliphatic heterocycles.